The molecule has 1 N–H and O–H groups in total. The summed E-state index contributed by atoms with van der Waals surface area (Å²) in [4.78, 5) is 24.7. The summed E-state index contributed by atoms with van der Waals surface area (Å²) in [5.74, 6) is -0.116. The predicted molar refractivity (Wildman–Crippen MR) is 117 cm³/mol. The molecule has 1 heterocycles. The molecule has 0 bridgehead atoms. The van der Waals surface area contributed by atoms with E-state index in [4.69, 9.17) is 4.74 Å². The summed E-state index contributed by atoms with van der Waals surface area (Å²) in [7, 11) is 0. The highest BCUT2D eigenvalue weighted by molar-refractivity contribution is 9.10. The van der Waals surface area contributed by atoms with Gasteiger partial charge in [0.05, 0.1) is 5.69 Å². The van der Waals surface area contributed by atoms with Crippen molar-refractivity contribution in [2.45, 2.75) is 33.8 Å². The van der Waals surface area contributed by atoms with Crippen LogP contribution in [0.15, 0.2) is 57.8 Å². The first kappa shape index (κ1) is 20.8. The average molecular weight is 456 g/mol. The highest BCUT2D eigenvalue weighted by Gasteiger charge is 2.17. The van der Waals surface area contributed by atoms with E-state index >= 15 is 0 Å². The Hall–Kier alpha value is -2.93. The zero-order valence-corrected chi connectivity index (χ0v) is 18.3. The van der Waals surface area contributed by atoms with Crippen LogP contribution in [0, 0.1) is 20.8 Å². The van der Waals surface area contributed by atoms with Crippen LogP contribution in [0.4, 0.5) is 5.69 Å². The van der Waals surface area contributed by atoms with Gasteiger partial charge in [0.15, 0.2) is 6.10 Å². The third-order valence-electron chi connectivity index (χ3n) is 4.60. The van der Waals surface area contributed by atoms with Gasteiger partial charge in [-0.2, -0.15) is 4.68 Å². The van der Waals surface area contributed by atoms with Crippen molar-refractivity contribution in [3.05, 3.63) is 80.0 Å². The molecule has 0 radical (unpaired) electrons. The molecule has 29 heavy (non-hydrogen) atoms. The van der Waals surface area contributed by atoms with Crippen molar-refractivity contribution in [1.82, 2.24) is 9.78 Å². The summed E-state index contributed by atoms with van der Waals surface area (Å²) in [6.07, 6.45) is -0.794. The van der Waals surface area contributed by atoms with Crippen LogP contribution in [0.25, 0.3) is 5.69 Å². The van der Waals surface area contributed by atoms with Crippen LogP contribution >= 0.6 is 15.9 Å². The number of aryl methyl sites for hydroxylation is 3. The van der Waals surface area contributed by atoms with Crippen molar-refractivity contribution < 1.29 is 9.53 Å². The van der Waals surface area contributed by atoms with E-state index in [-0.39, 0.29) is 17.3 Å². The number of amides is 1. The SMILES string of the molecule is Cc1ccc(-n2nc(O[C@@H](C)C(=O)Nc3ccc(Br)c(C)c3)ccc2=O)cc1C. The molecular formula is C22H22BrN3O3. The van der Waals surface area contributed by atoms with E-state index in [1.54, 1.807) is 13.0 Å². The van der Waals surface area contributed by atoms with Crippen LogP contribution in [0.2, 0.25) is 0 Å². The zero-order chi connectivity index (χ0) is 21.1. The second-order valence-electron chi connectivity index (χ2n) is 6.90. The molecule has 3 rings (SSSR count). The number of carbonyl (C=O) groups excluding carboxylic acids is 1. The Morgan fingerprint density at radius 2 is 1.79 bits per heavy atom. The zero-order valence-electron chi connectivity index (χ0n) is 16.7. The number of aromatic nitrogens is 2. The first-order valence-corrected chi connectivity index (χ1v) is 9.95. The first-order chi connectivity index (χ1) is 13.7. The fourth-order valence-corrected chi connectivity index (χ4v) is 2.95. The van der Waals surface area contributed by atoms with E-state index in [1.165, 1.54) is 16.8 Å². The number of nitrogens with zero attached hydrogens (tertiary/aromatic N) is 2. The van der Waals surface area contributed by atoms with Gasteiger partial charge >= 0.3 is 0 Å². The smallest absolute Gasteiger partial charge is 0.271 e. The minimum atomic E-state index is -0.794. The van der Waals surface area contributed by atoms with Crippen molar-refractivity contribution in [3.63, 3.8) is 0 Å². The molecule has 0 aliphatic carbocycles. The van der Waals surface area contributed by atoms with Gasteiger partial charge < -0.3 is 10.1 Å². The second-order valence-corrected chi connectivity index (χ2v) is 7.76. The summed E-state index contributed by atoms with van der Waals surface area (Å²) < 4.78 is 7.92. The molecule has 3 aromatic rings. The van der Waals surface area contributed by atoms with E-state index in [0.29, 0.717) is 11.4 Å². The standard InChI is InChI=1S/C22H22BrN3O3/c1-13-5-7-18(12-14(13)2)26-21(27)10-9-20(25-26)29-16(4)22(28)24-17-6-8-19(23)15(3)11-17/h5-12,16H,1-4H3,(H,24,28)/t16-/m0/s1. The second kappa shape index (κ2) is 8.61. The summed E-state index contributed by atoms with van der Waals surface area (Å²) in [6, 6.07) is 14.0. The number of rotatable bonds is 5. The average Bonchev–Trinajstić information content (AvgIpc) is 2.68. The number of ether oxygens (including phenoxy) is 1. The lowest BCUT2D eigenvalue weighted by atomic mass is 10.1. The van der Waals surface area contributed by atoms with Crippen LogP contribution in [0.3, 0.4) is 0 Å². The number of benzene rings is 2. The molecule has 1 amide bonds. The summed E-state index contributed by atoms with van der Waals surface area (Å²) in [6.45, 7) is 7.55. The van der Waals surface area contributed by atoms with Gasteiger partial charge in [0.25, 0.3) is 11.5 Å². The third-order valence-corrected chi connectivity index (χ3v) is 5.49. The number of anilines is 1. The van der Waals surface area contributed by atoms with Crippen LogP contribution < -0.4 is 15.6 Å². The number of hydrogen-bond donors (Lipinski definition) is 1. The Bertz CT molecular complexity index is 1120. The van der Waals surface area contributed by atoms with Gasteiger partial charge in [0, 0.05) is 22.3 Å². The van der Waals surface area contributed by atoms with Crippen molar-refractivity contribution in [3.8, 4) is 11.6 Å². The lowest BCUT2D eigenvalue weighted by molar-refractivity contribution is -0.122. The van der Waals surface area contributed by atoms with E-state index < -0.39 is 6.10 Å². The van der Waals surface area contributed by atoms with Crippen LogP contribution in [-0.2, 0) is 4.79 Å². The van der Waals surface area contributed by atoms with Gasteiger partial charge in [-0.1, -0.05) is 22.0 Å². The van der Waals surface area contributed by atoms with Crippen molar-refractivity contribution in [2.24, 2.45) is 0 Å². The summed E-state index contributed by atoms with van der Waals surface area (Å²) in [5.41, 5.74) is 4.24. The van der Waals surface area contributed by atoms with Gasteiger partial charge in [-0.05, 0) is 74.7 Å². The van der Waals surface area contributed by atoms with Gasteiger partial charge in [0.2, 0.25) is 5.88 Å². The topological polar surface area (TPSA) is 73.2 Å². The number of hydrogen-bond acceptors (Lipinski definition) is 4. The third kappa shape index (κ3) is 4.92. The van der Waals surface area contributed by atoms with Crippen molar-refractivity contribution >= 4 is 27.5 Å². The number of halogens is 1. The molecule has 0 aliphatic rings. The molecule has 150 valence electrons. The minimum Gasteiger partial charge on any atom is -0.463 e. The van der Waals surface area contributed by atoms with Crippen LogP contribution in [0.5, 0.6) is 5.88 Å². The van der Waals surface area contributed by atoms with Crippen molar-refractivity contribution in [2.75, 3.05) is 5.32 Å². The fourth-order valence-electron chi connectivity index (χ4n) is 2.70. The number of nitrogens with one attached hydrogen (secondary N) is 1. The Kier molecular flexibility index (Phi) is 6.17. The van der Waals surface area contributed by atoms with Crippen molar-refractivity contribution in [1.29, 1.82) is 0 Å². The summed E-state index contributed by atoms with van der Waals surface area (Å²) in [5, 5.41) is 7.08. The molecule has 0 aliphatic heterocycles. The molecule has 2 aromatic carbocycles. The van der Waals surface area contributed by atoms with E-state index in [0.717, 1.165) is 21.2 Å². The fraction of sp³-hybridized carbons (Fsp3) is 0.227. The largest absolute Gasteiger partial charge is 0.463 e. The first-order valence-electron chi connectivity index (χ1n) is 9.16. The Morgan fingerprint density at radius 1 is 1.03 bits per heavy atom. The molecule has 7 heteroatoms. The van der Waals surface area contributed by atoms with Gasteiger partial charge in [-0.3, -0.25) is 9.59 Å². The van der Waals surface area contributed by atoms with Gasteiger partial charge in [0.1, 0.15) is 0 Å². The molecule has 0 unspecified atom stereocenters. The normalized spacial score (nSPS) is 11.8. The highest BCUT2D eigenvalue weighted by atomic mass is 79.9. The molecule has 0 fully saturated rings. The maximum absolute atomic E-state index is 12.5. The molecule has 0 spiro atoms. The molecular weight excluding hydrogens is 434 g/mol. The lowest BCUT2D eigenvalue weighted by Gasteiger charge is -2.15. The minimum absolute atomic E-state index is 0.192. The van der Waals surface area contributed by atoms with Crippen LogP contribution in [0.1, 0.15) is 23.6 Å². The quantitative estimate of drug-likeness (QED) is 0.621. The maximum Gasteiger partial charge on any atom is 0.271 e. The predicted octanol–water partition coefficient (Wildman–Crippen LogP) is 4.33. The van der Waals surface area contributed by atoms with Gasteiger partial charge in [-0.15, -0.1) is 5.10 Å². The molecule has 6 nitrogen and oxygen atoms in total. The lowest BCUT2D eigenvalue weighted by Crippen LogP contribution is -2.31. The monoisotopic (exact) mass is 455 g/mol. The Balaban J connectivity index is 1.77. The van der Waals surface area contributed by atoms with Crippen LogP contribution in [-0.4, -0.2) is 21.8 Å². The Labute approximate surface area is 177 Å². The molecule has 0 saturated carbocycles. The van der Waals surface area contributed by atoms with E-state index in [2.05, 4.69) is 26.3 Å². The summed E-state index contributed by atoms with van der Waals surface area (Å²) >= 11 is 3.44. The molecule has 1 atom stereocenters. The highest BCUT2D eigenvalue weighted by Crippen LogP contribution is 2.20. The Morgan fingerprint density at radius 3 is 2.48 bits per heavy atom. The molecule has 0 saturated heterocycles. The number of carbonyl (C=O) groups is 1. The van der Waals surface area contributed by atoms with Gasteiger partial charge in [-0.25, -0.2) is 0 Å². The van der Waals surface area contributed by atoms with E-state index in [9.17, 15) is 9.59 Å². The van der Waals surface area contributed by atoms with E-state index in [1.807, 2.05) is 51.1 Å². The maximum atomic E-state index is 12.5. The molecule has 1 aromatic heterocycles.